The monoisotopic (exact) mass is 400 g/mol. The summed E-state index contributed by atoms with van der Waals surface area (Å²) in [7, 11) is 0. The number of hydrogen-bond acceptors (Lipinski definition) is 4. The average molecular weight is 400 g/mol. The summed E-state index contributed by atoms with van der Waals surface area (Å²) < 4.78 is 1.86. The molecule has 0 unspecified atom stereocenters. The van der Waals surface area contributed by atoms with Crippen molar-refractivity contribution in [1.82, 2.24) is 9.88 Å². The summed E-state index contributed by atoms with van der Waals surface area (Å²) in [6, 6.07) is 19.6. The third kappa shape index (κ3) is 4.45. The maximum atomic E-state index is 12.5. The molecule has 3 rings (SSSR count). The Hall–Kier alpha value is -4.18. The number of aromatic nitrogens is 1. The normalized spacial score (nSPS) is 11.0. The second kappa shape index (κ2) is 8.88. The van der Waals surface area contributed by atoms with Crippen molar-refractivity contribution in [2.24, 2.45) is 0 Å². The van der Waals surface area contributed by atoms with Crippen LogP contribution in [0, 0.1) is 35.3 Å². The number of nitriles is 1. The van der Waals surface area contributed by atoms with Crippen molar-refractivity contribution >= 4 is 17.7 Å². The highest BCUT2D eigenvalue weighted by molar-refractivity contribution is 6.01. The zero-order valence-corrected chi connectivity index (χ0v) is 16.6. The molecular formula is C23H20N4O3. The zero-order valence-electron chi connectivity index (χ0n) is 16.6. The van der Waals surface area contributed by atoms with Crippen molar-refractivity contribution in [3.8, 4) is 11.8 Å². The number of nitrogens with one attached hydrogen (secondary N) is 1. The first-order valence-electron chi connectivity index (χ1n) is 9.28. The quantitative estimate of drug-likeness (QED) is 0.290. The van der Waals surface area contributed by atoms with Crippen LogP contribution in [0.2, 0.25) is 0 Å². The Kier molecular flexibility index (Phi) is 6.08. The van der Waals surface area contributed by atoms with Crippen molar-refractivity contribution in [3.05, 3.63) is 98.9 Å². The van der Waals surface area contributed by atoms with Gasteiger partial charge in [-0.1, -0.05) is 36.4 Å². The summed E-state index contributed by atoms with van der Waals surface area (Å²) in [6.07, 6.45) is 1.54. The number of carbonyl (C=O) groups is 1. The van der Waals surface area contributed by atoms with Gasteiger partial charge < -0.3 is 9.88 Å². The molecule has 0 fully saturated rings. The average Bonchev–Trinajstić information content (AvgIpc) is 3.03. The molecule has 0 spiro atoms. The number of amides is 1. The van der Waals surface area contributed by atoms with Crippen molar-refractivity contribution in [1.29, 1.82) is 5.26 Å². The maximum Gasteiger partial charge on any atom is 0.271 e. The van der Waals surface area contributed by atoms with Crippen LogP contribution in [0.5, 0.6) is 0 Å². The highest BCUT2D eigenvalue weighted by Gasteiger charge is 2.15. The van der Waals surface area contributed by atoms with Gasteiger partial charge in [0.05, 0.1) is 10.6 Å². The predicted octanol–water partition coefficient (Wildman–Crippen LogP) is 4.23. The van der Waals surface area contributed by atoms with Gasteiger partial charge in [-0.15, -0.1) is 0 Å². The molecule has 0 bridgehead atoms. The van der Waals surface area contributed by atoms with E-state index in [1.54, 1.807) is 12.1 Å². The Morgan fingerprint density at radius 3 is 2.57 bits per heavy atom. The van der Waals surface area contributed by atoms with E-state index < -0.39 is 10.8 Å². The van der Waals surface area contributed by atoms with E-state index in [9.17, 15) is 20.2 Å². The van der Waals surface area contributed by atoms with E-state index in [2.05, 4.69) is 5.32 Å². The molecule has 150 valence electrons. The van der Waals surface area contributed by atoms with E-state index in [1.807, 2.05) is 60.9 Å². The van der Waals surface area contributed by atoms with Crippen LogP contribution in [-0.4, -0.2) is 15.4 Å². The Balaban J connectivity index is 1.88. The zero-order chi connectivity index (χ0) is 21.7. The largest absolute Gasteiger partial charge is 0.347 e. The lowest BCUT2D eigenvalue weighted by Gasteiger charge is -2.09. The van der Waals surface area contributed by atoms with E-state index in [0.29, 0.717) is 17.8 Å². The van der Waals surface area contributed by atoms with Gasteiger partial charge in [0, 0.05) is 30.1 Å². The third-order valence-corrected chi connectivity index (χ3v) is 4.73. The first-order chi connectivity index (χ1) is 14.4. The second-order valence-electron chi connectivity index (χ2n) is 6.78. The maximum absolute atomic E-state index is 12.5. The van der Waals surface area contributed by atoms with Gasteiger partial charge in [0.1, 0.15) is 11.6 Å². The van der Waals surface area contributed by atoms with Gasteiger partial charge in [-0.3, -0.25) is 14.9 Å². The number of nitrogens with zero attached hydrogens (tertiary/aromatic N) is 3. The summed E-state index contributed by atoms with van der Waals surface area (Å²) in [5.74, 6) is -0.457. The first-order valence-corrected chi connectivity index (χ1v) is 9.28. The minimum Gasteiger partial charge on any atom is -0.347 e. The molecule has 30 heavy (non-hydrogen) atoms. The van der Waals surface area contributed by atoms with Crippen LogP contribution in [0.3, 0.4) is 0 Å². The second-order valence-corrected chi connectivity index (χ2v) is 6.78. The molecule has 3 aromatic rings. The molecule has 0 saturated carbocycles. The molecule has 7 nitrogen and oxygen atoms in total. The standard InChI is InChI=1S/C23H20N4O3/c1-16-11-19(17(2)26(16)21-9-6-10-22(13-21)27(29)30)12-20(14-24)23(28)25-15-18-7-4-3-5-8-18/h3-13H,15H2,1-2H3,(H,25,28)/b20-12+. The minimum absolute atomic E-state index is 0.00454. The lowest BCUT2D eigenvalue weighted by Crippen LogP contribution is -2.23. The van der Waals surface area contributed by atoms with Crippen molar-refractivity contribution in [3.63, 3.8) is 0 Å². The molecule has 7 heteroatoms. The number of carbonyl (C=O) groups excluding carboxylic acids is 1. The summed E-state index contributed by atoms with van der Waals surface area (Å²) in [4.78, 5) is 23.1. The van der Waals surface area contributed by atoms with Crippen LogP contribution < -0.4 is 5.32 Å². The lowest BCUT2D eigenvalue weighted by molar-refractivity contribution is -0.384. The molecule has 2 aromatic carbocycles. The summed E-state index contributed by atoms with van der Waals surface area (Å²) >= 11 is 0. The number of non-ortho nitro benzene ring substituents is 1. The van der Waals surface area contributed by atoms with Gasteiger partial charge in [0.15, 0.2) is 0 Å². The molecule has 0 aliphatic rings. The highest BCUT2D eigenvalue weighted by Crippen LogP contribution is 2.25. The van der Waals surface area contributed by atoms with Crippen molar-refractivity contribution < 1.29 is 9.72 Å². The Bertz CT molecular complexity index is 1170. The number of nitro benzene ring substituents is 1. The van der Waals surface area contributed by atoms with Gasteiger partial charge in [0.2, 0.25) is 0 Å². The number of aryl methyl sites for hydroxylation is 1. The Labute approximate surface area is 174 Å². The van der Waals surface area contributed by atoms with E-state index in [0.717, 1.165) is 17.0 Å². The van der Waals surface area contributed by atoms with Crippen LogP contribution in [0.1, 0.15) is 22.5 Å². The Morgan fingerprint density at radius 2 is 1.90 bits per heavy atom. The molecule has 0 aliphatic carbocycles. The molecular weight excluding hydrogens is 380 g/mol. The molecule has 0 atom stereocenters. The SMILES string of the molecule is Cc1cc(/C=C(\C#N)C(=O)NCc2ccccc2)c(C)n1-c1cccc([N+](=O)[O-])c1. The van der Waals surface area contributed by atoms with Crippen molar-refractivity contribution in [2.75, 3.05) is 0 Å². The van der Waals surface area contributed by atoms with Gasteiger partial charge in [-0.2, -0.15) is 5.26 Å². The summed E-state index contributed by atoms with van der Waals surface area (Å²) in [6.45, 7) is 4.03. The number of rotatable bonds is 6. The van der Waals surface area contributed by atoms with E-state index >= 15 is 0 Å². The molecule has 1 heterocycles. The van der Waals surface area contributed by atoms with Crippen LogP contribution >= 0.6 is 0 Å². The van der Waals surface area contributed by atoms with Crippen LogP contribution in [0.15, 0.2) is 66.2 Å². The first kappa shape index (κ1) is 20.6. The number of hydrogen-bond donors (Lipinski definition) is 1. The molecule has 1 aromatic heterocycles. The minimum atomic E-state index is -0.457. The fraction of sp³-hybridized carbons (Fsp3) is 0.130. The van der Waals surface area contributed by atoms with Gasteiger partial charge in [-0.25, -0.2) is 0 Å². The van der Waals surface area contributed by atoms with E-state index in [1.165, 1.54) is 18.2 Å². The topological polar surface area (TPSA) is 101 Å². The fourth-order valence-electron chi connectivity index (χ4n) is 3.25. The van der Waals surface area contributed by atoms with Crippen molar-refractivity contribution in [2.45, 2.75) is 20.4 Å². The smallest absolute Gasteiger partial charge is 0.271 e. The molecule has 0 saturated heterocycles. The van der Waals surface area contributed by atoms with E-state index in [-0.39, 0.29) is 11.3 Å². The van der Waals surface area contributed by atoms with Crippen LogP contribution in [-0.2, 0) is 11.3 Å². The molecule has 1 N–H and O–H groups in total. The van der Waals surface area contributed by atoms with Gasteiger partial charge in [-0.05, 0) is 43.2 Å². The number of benzene rings is 2. The highest BCUT2D eigenvalue weighted by atomic mass is 16.6. The number of nitro groups is 1. The van der Waals surface area contributed by atoms with E-state index in [4.69, 9.17) is 0 Å². The van der Waals surface area contributed by atoms with Crippen LogP contribution in [0.25, 0.3) is 11.8 Å². The van der Waals surface area contributed by atoms with Crippen LogP contribution in [0.4, 0.5) is 5.69 Å². The predicted molar refractivity (Wildman–Crippen MR) is 114 cm³/mol. The molecule has 0 radical (unpaired) electrons. The lowest BCUT2D eigenvalue weighted by atomic mass is 10.1. The summed E-state index contributed by atoms with van der Waals surface area (Å²) in [5.41, 5.74) is 3.88. The summed E-state index contributed by atoms with van der Waals surface area (Å²) in [5, 5.41) is 23.3. The molecule has 0 aliphatic heterocycles. The third-order valence-electron chi connectivity index (χ3n) is 4.73. The Morgan fingerprint density at radius 1 is 1.17 bits per heavy atom. The molecule has 1 amide bonds. The van der Waals surface area contributed by atoms with Gasteiger partial charge in [0.25, 0.3) is 11.6 Å². The fourth-order valence-corrected chi connectivity index (χ4v) is 3.25. The van der Waals surface area contributed by atoms with Gasteiger partial charge >= 0.3 is 0 Å².